The molecule has 1 heterocycles. The molecule has 5 nitrogen and oxygen atoms in total. The van der Waals surface area contributed by atoms with Crippen LogP contribution in [0, 0.1) is 0 Å². The molecule has 1 aliphatic heterocycles. The van der Waals surface area contributed by atoms with Gasteiger partial charge in [0, 0.05) is 13.1 Å². The van der Waals surface area contributed by atoms with Gasteiger partial charge in [-0.25, -0.2) is 13.1 Å². The summed E-state index contributed by atoms with van der Waals surface area (Å²) < 4.78 is 34.2. The van der Waals surface area contributed by atoms with E-state index >= 15 is 0 Å². The number of aryl methyl sites for hydroxylation is 2. The zero-order valence-electron chi connectivity index (χ0n) is 17.8. The molecule has 0 aromatic heterocycles. The number of hydrogen-bond donors (Lipinski definition) is 1. The van der Waals surface area contributed by atoms with Crippen LogP contribution in [0.3, 0.4) is 0 Å². The van der Waals surface area contributed by atoms with Crippen molar-refractivity contribution in [3.63, 3.8) is 0 Å². The van der Waals surface area contributed by atoms with Crippen molar-refractivity contribution < 1.29 is 13.2 Å². The molecular weight excluding hydrogens is 396 g/mol. The molecule has 2 aromatic carbocycles. The molecule has 6 heteroatoms. The summed E-state index contributed by atoms with van der Waals surface area (Å²) in [4.78, 5) is 2.73. The Hall–Kier alpha value is -1.89. The number of nitrogens with zero attached hydrogens (tertiary/aromatic N) is 1. The summed E-state index contributed by atoms with van der Waals surface area (Å²) in [6.07, 6.45) is 8.08. The second-order valence-corrected chi connectivity index (χ2v) is 10.2. The molecular formula is C24H32N2O3S. The lowest BCUT2D eigenvalue weighted by atomic mass is 9.92. The van der Waals surface area contributed by atoms with Gasteiger partial charge in [0.2, 0.25) is 10.0 Å². The van der Waals surface area contributed by atoms with Crippen molar-refractivity contribution in [2.45, 2.75) is 62.9 Å². The minimum absolute atomic E-state index is 0.243. The lowest BCUT2D eigenvalue weighted by molar-refractivity contribution is 0.221. The second-order valence-electron chi connectivity index (χ2n) is 8.46. The zero-order valence-corrected chi connectivity index (χ0v) is 18.6. The van der Waals surface area contributed by atoms with Gasteiger partial charge in [0.25, 0.3) is 0 Å². The van der Waals surface area contributed by atoms with Crippen molar-refractivity contribution >= 4 is 10.0 Å². The molecule has 30 heavy (non-hydrogen) atoms. The highest BCUT2D eigenvalue weighted by Crippen LogP contribution is 2.32. The van der Waals surface area contributed by atoms with E-state index in [2.05, 4.69) is 21.8 Å². The SMILES string of the molecule is COc1cc2c(cc1S(=O)(=O)NCc1ccc(CN3CCCCC3)cc1)CCCC2. The predicted octanol–water partition coefficient (Wildman–Crippen LogP) is 4.04. The van der Waals surface area contributed by atoms with Crippen LogP contribution in [-0.2, 0) is 36.0 Å². The molecule has 0 amide bonds. The van der Waals surface area contributed by atoms with Crippen LogP contribution in [0.15, 0.2) is 41.3 Å². The van der Waals surface area contributed by atoms with Crippen LogP contribution in [-0.4, -0.2) is 33.5 Å². The lowest BCUT2D eigenvalue weighted by Crippen LogP contribution is -2.29. The van der Waals surface area contributed by atoms with Crippen molar-refractivity contribution in [1.82, 2.24) is 9.62 Å². The smallest absolute Gasteiger partial charge is 0.244 e. The fourth-order valence-corrected chi connectivity index (χ4v) is 5.72. The Balaban J connectivity index is 1.42. The minimum Gasteiger partial charge on any atom is -0.495 e. The molecule has 0 radical (unpaired) electrons. The van der Waals surface area contributed by atoms with Crippen LogP contribution in [0.25, 0.3) is 0 Å². The molecule has 162 valence electrons. The highest BCUT2D eigenvalue weighted by atomic mass is 32.2. The molecule has 0 unspecified atom stereocenters. The number of methoxy groups -OCH3 is 1. The Bertz CT molecular complexity index is 965. The third kappa shape index (κ3) is 5.05. The third-order valence-electron chi connectivity index (χ3n) is 6.26. The zero-order chi connectivity index (χ0) is 21.0. The van der Waals surface area contributed by atoms with Gasteiger partial charge in [0.15, 0.2) is 0 Å². The normalized spacial score (nSPS) is 17.5. The van der Waals surface area contributed by atoms with E-state index < -0.39 is 10.0 Å². The first kappa shape index (κ1) is 21.3. The molecule has 0 spiro atoms. The summed E-state index contributed by atoms with van der Waals surface area (Å²) in [6.45, 7) is 3.58. The Morgan fingerprint density at radius 1 is 0.900 bits per heavy atom. The van der Waals surface area contributed by atoms with Crippen LogP contribution < -0.4 is 9.46 Å². The van der Waals surface area contributed by atoms with Crippen molar-refractivity contribution in [3.05, 3.63) is 58.7 Å². The average molecular weight is 429 g/mol. The second kappa shape index (κ2) is 9.50. The minimum atomic E-state index is -3.65. The topological polar surface area (TPSA) is 58.6 Å². The van der Waals surface area contributed by atoms with Crippen molar-refractivity contribution in [3.8, 4) is 5.75 Å². The molecule has 0 saturated carbocycles. The van der Waals surface area contributed by atoms with Gasteiger partial charge in [-0.2, -0.15) is 0 Å². The summed E-state index contributed by atoms with van der Waals surface area (Å²) in [5, 5.41) is 0. The van der Waals surface area contributed by atoms with Gasteiger partial charge in [0.05, 0.1) is 7.11 Å². The largest absolute Gasteiger partial charge is 0.495 e. The summed E-state index contributed by atoms with van der Waals surface area (Å²) in [5.41, 5.74) is 4.57. The maximum Gasteiger partial charge on any atom is 0.244 e. The number of benzene rings is 2. The van der Waals surface area contributed by atoms with Crippen molar-refractivity contribution in [2.24, 2.45) is 0 Å². The Morgan fingerprint density at radius 2 is 1.53 bits per heavy atom. The first-order valence-corrected chi connectivity index (χ1v) is 12.5. The molecule has 0 bridgehead atoms. The fraction of sp³-hybridized carbons (Fsp3) is 0.500. The molecule has 2 aliphatic rings. The van der Waals surface area contributed by atoms with Gasteiger partial charge >= 0.3 is 0 Å². The highest BCUT2D eigenvalue weighted by Gasteiger charge is 2.23. The highest BCUT2D eigenvalue weighted by molar-refractivity contribution is 7.89. The quantitative estimate of drug-likeness (QED) is 0.723. The maximum absolute atomic E-state index is 13.0. The van der Waals surface area contributed by atoms with Gasteiger partial charge in [-0.3, -0.25) is 4.90 Å². The lowest BCUT2D eigenvalue weighted by Gasteiger charge is -2.26. The number of ether oxygens (including phenoxy) is 1. The Morgan fingerprint density at radius 3 is 2.20 bits per heavy atom. The van der Waals surface area contributed by atoms with E-state index in [1.54, 1.807) is 6.07 Å². The number of nitrogens with one attached hydrogen (secondary N) is 1. The van der Waals surface area contributed by atoms with Gasteiger partial charge < -0.3 is 4.74 Å². The summed E-state index contributed by atoms with van der Waals surface area (Å²) >= 11 is 0. The molecule has 1 aliphatic carbocycles. The van der Waals surface area contributed by atoms with Gasteiger partial charge in [-0.15, -0.1) is 0 Å². The van der Waals surface area contributed by atoms with Crippen LogP contribution in [0.2, 0.25) is 0 Å². The van der Waals surface area contributed by atoms with E-state index in [1.807, 2.05) is 18.2 Å². The Labute approximate surface area is 180 Å². The van der Waals surface area contributed by atoms with Gasteiger partial charge in [0.1, 0.15) is 10.6 Å². The van der Waals surface area contributed by atoms with E-state index in [4.69, 9.17) is 4.74 Å². The third-order valence-corrected chi connectivity index (χ3v) is 7.68. The molecule has 1 fully saturated rings. The number of sulfonamides is 1. The van der Waals surface area contributed by atoms with E-state index in [0.717, 1.165) is 43.4 Å². The number of rotatable bonds is 7. The monoisotopic (exact) mass is 428 g/mol. The molecule has 4 rings (SSSR count). The van der Waals surface area contributed by atoms with Crippen LogP contribution in [0.5, 0.6) is 5.75 Å². The number of piperidine rings is 1. The van der Waals surface area contributed by atoms with Crippen LogP contribution in [0.4, 0.5) is 0 Å². The summed E-state index contributed by atoms with van der Waals surface area (Å²) in [6, 6.07) is 12.0. The van der Waals surface area contributed by atoms with Gasteiger partial charge in [-0.1, -0.05) is 30.7 Å². The van der Waals surface area contributed by atoms with E-state index in [-0.39, 0.29) is 11.4 Å². The van der Waals surface area contributed by atoms with E-state index in [9.17, 15) is 8.42 Å². The molecule has 0 atom stereocenters. The van der Waals surface area contributed by atoms with Crippen molar-refractivity contribution in [1.29, 1.82) is 0 Å². The first-order chi connectivity index (χ1) is 14.5. The number of likely N-dealkylation sites (tertiary alicyclic amines) is 1. The molecule has 2 aromatic rings. The first-order valence-electron chi connectivity index (χ1n) is 11.0. The van der Waals surface area contributed by atoms with E-state index in [1.165, 1.54) is 50.6 Å². The molecule has 1 N–H and O–H groups in total. The maximum atomic E-state index is 13.0. The summed E-state index contributed by atoms with van der Waals surface area (Å²) in [5.74, 6) is 0.431. The van der Waals surface area contributed by atoms with E-state index in [0.29, 0.717) is 5.75 Å². The average Bonchev–Trinajstić information content (AvgIpc) is 2.78. The number of fused-ring (bicyclic) bond motifs is 1. The fourth-order valence-electron chi connectivity index (χ4n) is 4.50. The predicted molar refractivity (Wildman–Crippen MR) is 119 cm³/mol. The van der Waals surface area contributed by atoms with Crippen LogP contribution >= 0.6 is 0 Å². The standard InChI is InChI=1S/C24H32N2O3S/c1-29-23-15-21-7-3-4-8-22(21)16-24(23)30(27,28)25-17-19-9-11-20(12-10-19)18-26-13-5-2-6-14-26/h9-12,15-16,25H,2-8,13-14,17-18H2,1H3. The van der Waals surface area contributed by atoms with Gasteiger partial charge in [-0.05, 0) is 86.0 Å². The Kier molecular flexibility index (Phi) is 6.76. The summed E-state index contributed by atoms with van der Waals surface area (Å²) in [7, 11) is -2.12. The molecule has 1 saturated heterocycles. The number of hydrogen-bond acceptors (Lipinski definition) is 4. The van der Waals surface area contributed by atoms with Crippen LogP contribution in [0.1, 0.15) is 54.4 Å². The van der Waals surface area contributed by atoms with Crippen molar-refractivity contribution in [2.75, 3.05) is 20.2 Å².